The van der Waals surface area contributed by atoms with E-state index in [1.807, 2.05) is 36.4 Å². The van der Waals surface area contributed by atoms with Gasteiger partial charge >= 0.3 is 0 Å². The van der Waals surface area contributed by atoms with Crippen LogP contribution in [0.5, 0.6) is 5.75 Å². The first kappa shape index (κ1) is 18.1. The maximum atomic E-state index is 12.2. The summed E-state index contributed by atoms with van der Waals surface area (Å²) in [5.41, 5.74) is 8.43. The Kier molecular flexibility index (Phi) is 4.52. The molecule has 0 saturated carbocycles. The minimum atomic E-state index is -0.517. The lowest BCUT2D eigenvalue weighted by Crippen LogP contribution is -2.31. The first-order valence-electron chi connectivity index (χ1n) is 8.62. The van der Waals surface area contributed by atoms with Crippen molar-refractivity contribution in [3.8, 4) is 17.1 Å². The van der Waals surface area contributed by atoms with Gasteiger partial charge in [0, 0.05) is 16.3 Å². The van der Waals surface area contributed by atoms with E-state index in [1.54, 1.807) is 30.8 Å². The van der Waals surface area contributed by atoms with Gasteiger partial charge in [0.2, 0.25) is 11.9 Å². The maximum Gasteiger partial charge on any atom is 0.248 e. The Balaban J connectivity index is 1.83. The minimum absolute atomic E-state index is 0.431. The molecule has 0 spiro atoms. The lowest BCUT2D eigenvalue weighted by atomic mass is 9.95. The van der Waals surface area contributed by atoms with Gasteiger partial charge in [0.15, 0.2) is 5.82 Å². The normalized spacial score (nSPS) is 15.8. The van der Waals surface area contributed by atoms with Crippen LogP contribution in [0.25, 0.3) is 11.4 Å². The topological polar surface area (TPSA) is 95.1 Å². The van der Waals surface area contributed by atoms with Crippen LogP contribution in [-0.4, -0.2) is 27.8 Å². The fourth-order valence-electron chi connectivity index (χ4n) is 3.29. The van der Waals surface area contributed by atoms with Gasteiger partial charge in [-0.1, -0.05) is 23.7 Å². The van der Waals surface area contributed by atoms with Crippen LogP contribution in [0.1, 0.15) is 18.5 Å². The van der Waals surface area contributed by atoms with E-state index >= 15 is 0 Å². The molecular weight excluding hydrogens is 378 g/mol. The zero-order valence-electron chi connectivity index (χ0n) is 15.3. The molecule has 28 heavy (non-hydrogen) atoms. The van der Waals surface area contributed by atoms with E-state index in [2.05, 4.69) is 15.4 Å². The number of hydrogen-bond acceptors (Lipinski definition) is 5. The van der Waals surface area contributed by atoms with Crippen molar-refractivity contribution < 1.29 is 9.53 Å². The molecule has 1 aromatic heterocycles. The van der Waals surface area contributed by atoms with E-state index < -0.39 is 11.9 Å². The van der Waals surface area contributed by atoms with Crippen molar-refractivity contribution in [3.63, 3.8) is 0 Å². The van der Waals surface area contributed by atoms with Gasteiger partial charge in [0.1, 0.15) is 11.8 Å². The van der Waals surface area contributed by atoms with Gasteiger partial charge in [-0.15, -0.1) is 5.10 Å². The highest BCUT2D eigenvalue weighted by molar-refractivity contribution is 6.30. The van der Waals surface area contributed by atoms with E-state index in [0.29, 0.717) is 28.1 Å². The molecule has 1 aliphatic rings. The second kappa shape index (κ2) is 7.01. The number of allylic oxidation sites excluding steroid dienone is 1. The quantitative estimate of drug-likeness (QED) is 0.706. The first-order valence-corrected chi connectivity index (χ1v) is 8.99. The molecule has 1 unspecified atom stereocenters. The lowest BCUT2D eigenvalue weighted by Gasteiger charge is -2.27. The Morgan fingerprint density at radius 3 is 2.46 bits per heavy atom. The van der Waals surface area contributed by atoms with Crippen LogP contribution in [-0.2, 0) is 4.79 Å². The molecule has 142 valence electrons. The lowest BCUT2D eigenvalue weighted by molar-refractivity contribution is -0.115. The number of fused-ring (bicyclic) bond motifs is 1. The molecule has 0 aliphatic carbocycles. The number of halogens is 1. The van der Waals surface area contributed by atoms with E-state index in [4.69, 9.17) is 22.1 Å². The van der Waals surface area contributed by atoms with E-state index in [0.717, 1.165) is 16.9 Å². The van der Waals surface area contributed by atoms with Crippen molar-refractivity contribution in [1.82, 2.24) is 14.8 Å². The first-order chi connectivity index (χ1) is 13.5. The molecule has 8 heteroatoms. The van der Waals surface area contributed by atoms with Crippen LogP contribution in [0.4, 0.5) is 5.95 Å². The van der Waals surface area contributed by atoms with Gasteiger partial charge in [-0.2, -0.15) is 4.98 Å². The Labute approximate surface area is 166 Å². The summed E-state index contributed by atoms with van der Waals surface area (Å²) < 4.78 is 6.87. The van der Waals surface area contributed by atoms with Crippen LogP contribution in [0.2, 0.25) is 5.02 Å². The second-order valence-corrected chi connectivity index (χ2v) is 6.85. The number of rotatable bonds is 4. The maximum absolute atomic E-state index is 12.2. The van der Waals surface area contributed by atoms with Crippen molar-refractivity contribution in [2.45, 2.75) is 13.0 Å². The summed E-state index contributed by atoms with van der Waals surface area (Å²) >= 11 is 6.03. The number of carbonyl (C=O) groups excluding carboxylic acids is 1. The van der Waals surface area contributed by atoms with E-state index in [-0.39, 0.29) is 0 Å². The number of benzene rings is 2. The second-order valence-electron chi connectivity index (χ2n) is 6.41. The van der Waals surface area contributed by atoms with Gasteiger partial charge in [-0.3, -0.25) is 4.79 Å². The molecule has 1 aliphatic heterocycles. The fraction of sp³-hybridized carbons (Fsp3) is 0.150. The number of ether oxygens (including phenoxy) is 1. The number of methoxy groups -OCH3 is 1. The zero-order valence-corrected chi connectivity index (χ0v) is 16.1. The Hall–Kier alpha value is -3.32. The van der Waals surface area contributed by atoms with Crippen LogP contribution in [0.3, 0.4) is 0 Å². The number of primary amides is 1. The van der Waals surface area contributed by atoms with Crippen molar-refractivity contribution in [3.05, 3.63) is 70.4 Å². The van der Waals surface area contributed by atoms with Crippen LogP contribution >= 0.6 is 11.6 Å². The standard InChI is InChI=1S/C20H18ClN5O2/c1-11-16(18(22)27)17(12-3-7-14(21)8-4-12)26-20(23-11)24-19(25-26)13-5-9-15(28-2)10-6-13/h3-10,17H,1-2H3,(H2,22,27)(H,23,24,25). The highest BCUT2D eigenvalue weighted by Crippen LogP contribution is 2.36. The molecule has 0 radical (unpaired) electrons. The number of carbonyl (C=O) groups is 1. The SMILES string of the molecule is COc1ccc(-c2nc3n(n2)C(c2ccc(Cl)cc2)C(C(N)=O)=C(C)N3)cc1. The van der Waals surface area contributed by atoms with Crippen molar-refractivity contribution in [2.75, 3.05) is 12.4 Å². The molecule has 4 rings (SSSR count). The van der Waals surface area contributed by atoms with Gasteiger partial charge in [-0.25, -0.2) is 4.68 Å². The van der Waals surface area contributed by atoms with Crippen molar-refractivity contribution in [2.24, 2.45) is 5.73 Å². The number of hydrogen-bond donors (Lipinski definition) is 2. The summed E-state index contributed by atoms with van der Waals surface area (Å²) in [5, 5.41) is 8.39. The van der Waals surface area contributed by atoms with Crippen molar-refractivity contribution >= 4 is 23.5 Å². The van der Waals surface area contributed by atoms with Gasteiger partial charge in [0.25, 0.3) is 0 Å². The van der Waals surface area contributed by atoms with Crippen molar-refractivity contribution in [1.29, 1.82) is 0 Å². The number of anilines is 1. The Morgan fingerprint density at radius 1 is 1.18 bits per heavy atom. The summed E-state index contributed by atoms with van der Waals surface area (Å²) in [4.78, 5) is 16.8. The van der Waals surface area contributed by atoms with Crippen LogP contribution < -0.4 is 15.8 Å². The molecular formula is C20H18ClN5O2. The molecule has 7 nitrogen and oxygen atoms in total. The van der Waals surface area contributed by atoms with Crippen LogP contribution in [0, 0.1) is 0 Å². The Morgan fingerprint density at radius 2 is 1.86 bits per heavy atom. The molecule has 0 saturated heterocycles. The predicted molar refractivity (Wildman–Crippen MR) is 107 cm³/mol. The number of nitrogens with zero attached hydrogens (tertiary/aromatic N) is 3. The van der Waals surface area contributed by atoms with Crippen LogP contribution in [0.15, 0.2) is 59.8 Å². The number of amides is 1. The third-order valence-electron chi connectivity index (χ3n) is 4.65. The van der Waals surface area contributed by atoms with Gasteiger partial charge in [0.05, 0.1) is 12.7 Å². The average Bonchev–Trinajstić information content (AvgIpc) is 3.11. The van der Waals surface area contributed by atoms with Gasteiger partial charge in [-0.05, 0) is 48.9 Å². The smallest absolute Gasteiger partial charge is 0.248 e. The number of aromatic nitrogens is 3. The summed E-state index contributed by atoms with van der Waals surface area (Å²) in [6.45, 7) is 1.80. The number of nitrogens with one attached hydrogen (secondary N) is 1. The molecule has 0 bridgehead atoms. The molecule has 1 atom stereocenters. The molecule has 3 N–H and O–H groups in total. The minimum Gasteiger partial charge on any atom is -0.497 e. The third kappa shape index (κ3) is 3.10. The molecule has 2 heterocycles. The highest BCUT2D eigenvalue weighted by Gasteiger charge is 2.33. The zero-order chi connectivity index (χ0) is 19.8. The largest absolute Gasteiger partial charge is 0.497 e. The number of nitrogens with two attached hydrogens (primary N) is 1. The molecule has 2 aromatic carbocycles. The molecule has 1 amide bonds. The fourth-order valence-corrected chi connectivity index (χ4v) is 3.41. The van der Waals surface area contributed by atoms with Gasteiger partial charge < -0.3 is 15.8 Å². The van der Waals surface area contributed by atoms with E-state index in [9.17, 15) is 4.79 Å². The monoisotopic (exact) mass is 395 g/mol. The summed E-state index contributed by atoms with van der Waals surface area (Å²) in [7, 11) is 1.61. The third-order valence-corrected chi connectivity index (χ3v) is 4.90. The molecule has 0 fully saturated rings. The van der Waals surface area contributed by atoms with E-state index in [1.165, 1.54) is 0 Å². The summed E-state index contributed by atoms with van der Waals surface area (Å²) in [6.07, 6.45) is 0. The Bertz CT molecular complexity index is 1070. The summed E-state index contributed by atoms with van der Waals surface area (Å²) in [6, 6.07) is 14.2. The summed E-state index contributed by atoms with van der Waals surface area (Å²) in [5.74, 6) is 1.30. The predicted octanol–water partition coefficient (Wildman–Crippen LogP) is 3.38. The average molecular weight is 396 g/mol. The highest BCUT2D eigenvalue weighted by atomic mass is 35.5. The molecule has 3 aromatic rings.